The van der Waals surface area contributed by atoms with Crippen molar-refractivity contribution in [3.8, 4) is 5.69 Å². The third-order valence-electron chi connectivity index (χ3n) is 5.21. The quantitative estimate of drug-likeness (QED) is 0.484. The summed E-state index contributed by atoms with van der Waals surface area (Å²) in [5.41, 5.74) is 1.81. The number of nitrogens with zero attached hydrogens (tertiary/aromatic N) is 5. The van der Waals surface area contributed by atoms with Crippen LogP contribution < -0.4 is 0 Å². The fourth-order valence-electron chi connectivity index (χ4n) is 3.55. The number of hydrogen-bond acceptors (Lipinski definition) is 8. The highest BCUT2D eigenvalue weighted by Crippen LogP contribution is 2.20. The van der Waals surface area contributed by atoms with Crippen LogP contribution in [0.1, 0.15) is 22.3 Å². The number of sulfone groups is 1. The van der Waals surface area contributed by atoms with Gasteiger partial charge in [-0.2, -0.15) is 0 Å². The minimum atomic E-state index is -3.18. The maximum atomic E-state index is 12.9. The predicted octanol–water partition coefficient (Wildman–Crippen LogP) is 1.03. The molecule has 1 amide bonds. The van der Waals surface area contributed by atoms with Crippen LogP contribution >= 0.6 is 0 Å². The van der Waals surface area contributed by atoms with Crippen LogP contribution in [0, 0.1) is 0 Å². The van der Waals surface area contributed by atoms with Crippen LogP contribution in [0.5, 0.6) is 0 Å². The van der Waals surface area contributed by atoms with E-state index in [1.54, 1.807) is 24.3 Å². The maximum Gasteiger partial charge on any atom is 0.338 e. The van der Waals surface area contributed by atoms with Gasteiger partial charge in [0.05, 0.1) is 22.8 Å². The van der Waals surface area contributed by atoms with Crippen molar-refractivity contribution < 1.29 is 22.7 Å². The fourth-order valence-corrected chi connectivity index (χ4v) is 5.28. The Morgan fingerprint density at radius 2 is 1.84 bits per heavy atom. The molecule has 0 unspecified atom stereocenters. The van der Waals surface area contributed by atoms with Gasteiger partial charge < -0.3 is 9.64 Å². The van der Waals surface area contributed by atoms with Crippen LogP contribution in [0.15, 0.2) is 60.9 Å². The van der Waals surface area contributed by atoms with Crippen LogP contribution in [0.3, 0.4) is 0 Å². The molecular weight excluding hydrogens is 434 g/mol. The van der Waals surface area contributed by atoms with Crippen molar-refractivity contribution in [3.05, 3.63) is 72.1 Å². The monoisotopic (exact) mass is 455 g/mol. The van der Waals surface area contributed by atoms with Gasteiger partial charge >= 0.3 is 5.97 Å². The Bertz CT molecular complexity index is 1180. The SMILES string of the molecule is O=C(OCC(=O)N(Cc1ccccc1)[C@@H]1CCS(=O)(=O)C1)c1ccc(-n2cnnn2)cc1. The first-order chi connectivity index (χ1) is 15.4. The summed E-state index contributed by atoms with van der Waals surface area (Å²) in [6.07, 6.45) is 1.80. The summed E-state index contributed by atoms with van der Waals surface area (Å²) < 4.78 is 30.6. The first-order valence-corrected chi connectivity index (χ1v) is 11.8. The summed E-state index contributed by atoms with van der Waals surface area (Å²) in [6, 6.07) is 15.3. The average Bonchev–Trinajstić information content (AvgIpc) is 3.46. The lowest BCUT2D eigenvalue weighted by atomic mass is 10.1. The van der Waals surface area contributed by atoms with Gasteiger partial charge in [-0.15, -0.1) is 5.10 Å². The summed E-state index contributed by atoms with van der Waals surface area (Å²) in [4.78, 5) is 26.8. The normalized spacial score (nSPS) is 17.1. The lowest BCUT2D eigenvalue weighted by molar-refractivity contribution is -0.137. The van der Waals surface area contributed by atoms with Crippen LogP contribution in [-0.2, 0) is 25.9 Å². The van der Waals surface area contributed by atoms with Gasteiger partial charge in [-0.1, -0.05) is 30.3 Å². The van der Waals surface area contributed by atoms with Crippen molar-refractivity contribution in [3.63, 3.8) is 0 Å². The predicted molar refractivity (Wildman–Crippen MR) is 113 cm³/mol. The molecule has 0 aliphatic carbocycles. The minimum Gasteiger partial charge on any atom is -0.452 e. The molecule has 4 rings (SSSR count). The molecule has 2 aromatic carbocycles. The molecule has 1 aliphatic heterocycles. The smallest absolute Gasteiger partial charge is 0.338 e. The lowest BCUT2D eigenvalue weighted by Crippen LogP contribution is -2.42. The van der Waals surface area contributed by atoms with Gasteiger partial charge in [0, 0.05) is 12.6 Å². The number of tetrazole rings is 1. The van der Waals surface area contributed by atoms with Crippen LogP contribution in [-0.4, -0.2) is 69.6 Å². The molecule has 1 saturated heterocycles. The highest BCUT2D eigenvalue weighted by molar-refractivity contribution is 7.91. The number of benzene rings is 2. The second kappa shape index (κ2) is 9.27. The van der Waals surface area contributed by atoms with E-state index >= 15 is 0 Å². The molecule has 1 aromatic heterocycles. The Kier molecular flexibility index (Phi) is 6.26. The first kappa shape index (κ1) is 21.6. The van der Waals surface area contributed by atoms with Crippen molar-refractivity contribution in [1.29, 1.82) is 0 Å². The van der Waals surface area contributed by atoms with Gasteiger partial charge in [0.15, 0.2) is 16.4 Å². The molecule has 3 aromatic rings. The summed E-state index contributed by atoms with van der Waals surface area (Å²) in [6.45, 7) is -0.227. The highest BCUT2D eigenvalue weighted by Gasteiger charge is 2.35. The molecule has 32 heavy (non-hydrogen) atoms. The van der Waals surface area contributed by atoms with Gasteiger partial charge in [0.2, 0.25) is 0 Å². The number of esters is 1. The average molecular weight is 455 g/mol. The molecule has 1 fully saturated rings. The standard InChI is InChI=1S/C21H21N5O5S/c27-20(13-31-21(28)17-6-8-18(9-7-17)26-15-22-23-24-26)25(12-16-4-2-1-3-5-16)19-10-11-32(29,30)14-19/h1-9,15,19H,10-14H2/t19-/m1/s1. The van der Waals surface area contributed by atoms with Crippen molar-refractivity contribution in [2.24, 2.45) is 0 Å². The van der Waals surface area contributed by atoms with Crippen LogP contribution in [0.25, 0.3) is 5.69 Å². The van der Waals surface area contributed by atoms with Gasteiger partial charge in [-0.25, -0.2) is 17.9 Å². The largest absolute Gasteiger partial charge is 0.452 e. The number of rotatable bonds is 7. The molecule has 0 saturated carbocycles. The van der Waals surface area contributed by atoms with Gasteiger partial charge in [-0.3, -0.25) is 4.79 Å². The molecular formula is C21H21N5O5S. The lowest BCUT2D eigenvalue weighted by Gasteiger charge is -2.28. The fraction of sp³-hybridized carbons (Fsp3) is 0.286. The molecule has 0 bridgehead atoms. The van der Waals surface area contributed by atoms with E-state index in [2.05, 4.69) is 15.5 Å². The number of amides is 1. The molecule has 0 N–H and O–H groups in total. The van der Waals surface area contributed by atoms with E-state index in [-0.39, 0.29) is 23.6 Å². The molecule has 1 aliphatic rings. The topological polar surface area (TPSA) is 124 Å². The van der Waals surface area contributed by atoms with Crippen molar-refractivity contribution in [2.75, 3.05) is 18.1 Å². The van der Waals surface area contributed by atoms with E-state index in [9.17, 15) is 18.0 Å². The Balaban J connectivity index is 1.41. The van der Waals surface area contributed by atoms with E-state index in [1.165, 1.54) is 15.9 Å². The Morgan fingerprint density at radius 1 is 1.09 bits per heavy atom. The van der Waals surface area contributed by atoms with E-state index in [0.717, 1.165) is 5.56 Å². The molecule has 10 nitrogen and oxygen atoms in total. The van der Waals surface area contributed by atoms with Crippen LogP contribution in [0.2, 0.25) is 0 Å². The highest BCUT2D eigenvalue weighted by atomic mass is 32.2. The second-order valence-electron chi connectivity index (χ2n) is 7.44. The molecule has 0 spiro atoms. The van der Waals surface area contributed by atoms with Gasteiger partial charge in [-0.05, 0) is 46.7 Å². The van der Waals surface area contributed by atoms with Gasteiger partial charge in [0.1, 0.15) is 6.33 Å². The first-order valence-electron chi connectivity index (χ1n) is 9.96. The number of aromatic nitrogens is 4. The van der Waals surface area contributed by atoms with E-state index in [4.69, 9.17) is 4.74 Å². The zero-order chi connectivity index (χ0) is 22.6. The second-order valence-corrected chi connectivity index (χ2v) is 9.67. The minimum absolute atomic E-state index is 0.0453. The molecule has 0 radical (unpaired) electrons. The number of ether oxygens (including phenoxy) is 1. The number of carbonyl (C=O) groups excluding carboxylic acids is 2. The molecule has 1 atom stereocenters. The van der Waals surface area contributed by atoms with Crippen molar-refractivity contribution in [1.82, 2.24) is 25.1 Å². The molecule has 166 valence electrons. The third-order valence-corrected chi connectivity index (χ3v) is 6.96. The Morgan fingerprint density at radius 3 is 2.47 bits per heavy atom. The Labute approximate surface area is 184 Å². The molecule has 11 heteroatoms. The van der Waals surface area contributed by atoms with E-state index in [1.807, 2.05) is 30.3 Å². The summed E-state index contributed by atoms with van der Waals surface area (Å²) in [7, 11) is -3.18. The Hall–Kier alpha value is -3.60. The number of carbonyl (C=O) groups is 2. The zero-order valence-corrected chi connectivity index (χ0v) is 17.9. The van der Waals surface area contributed by atoms with Gasteiger partial charge in [0.25, 0.3) is 5.91 Å². The maximum absolute atomic E-state index is 12.9. The van der Waals surface area contributed by atoms with E-state index < -0.39 is 34.4 Å². The van der Waals surface area contributed by atoms with Crippen molar-refractivity contribution >= 4 is 21.7 Å². The third kappa shape index (κ3) is 5.17. The summed E-state index contributed by atoms with van der Waals surface area (Å²) >= 11 is 0. The van der Waals surface area contributed by atoms with Crippen molar-refractivity contribution in [2.45, 2.75) is 19.0 Å². The summed E-state index contributed by atoms with van der Waals surface area (Å²) in [5, 5.41) is 10.9. The van der Waals surface area contributed by atoms with E-state index in [0.29, 0.717) is 12.1 Å². The number of hydrogen-bond donors (Lipinski definition) is 0. The molecule has 2 heterocycles. The summed E-state index contributed by atoms with van der Waals surface area (Å²) in [5.74, 6) is -1.13. The zero-order valence-electron chi connectivity index (χ0n) is 17.1. The van der Waals surface area contributed by atoms with Crippen LogP contribution in [0.4, 0.5) is 0 Å².